The fourth-order valence-corrected chi connectivity index (χ4v) is 4.10. The van der Waals surface area contributed by atoms with Crippen LogP contribution in [-0.2, 0) is 4.79 Å². The first-order valence-electron chi connectivity index (χ1n) is 11.3. The van der Waals surface area contributed by atoms with Crippen molar-refractivity contribution in [2.45, 2.75) is 20.3 Å². The molecular weight excluding hydrogens is 461 g/mol. The number of nitrogens with zero attached hydrogens (tertiary/aromatic N) is 6. The number of anilines is 1. The summed E-state index contributed by atoms with van der Waals surface area (Å²) in [7, 11) is 0. The average molecular weight is 481 g/mol. The van der Waals surface area contributed by atoms with Gasteiger partial charge in [-0.3, -0.25) is 19.4 Å². The van der Waals surface area contributed by atoms with Crippen LogP contribution in [0.15, 0.2) is 55.4 Å². The van der Waals surface area contributed by atoms with E-state index in [9.17, 15) is 4.79 Å². The largest absolute Gasteiger partial charge is 0.336 e. The van der Waals surface area contributed by atoms with Gasteiger partial charge in [-0.05, 0) is 25.1 Å². The number of carbonyl (C=O) groups is 1. The molecule has 1 aromatic carbocycles. The van der Waals surface area contributed by atoms with Crippen LogP contribution >= 0.6 is 0 Å². The van der Waals surface area contributed by atoms with Crippen molar-refractivity contribution in [2.24, 2.45) is 0 Å². The van der Waals surface area contributed by atoms with Gasteiger partial charge in [0, 0.05) is 47.6 Å². The third-order valence-electron chi connectivity index (χ3n) is 5.87. The molecule has 0 unspecified atom stereocenters. The molecule has 0 bridgehead atoms. The molecule has 6 aromatic rings. The zero-order valence-corrected chi connectivity index (χ0v) is 19.4. The van der Waals surface area contributed by atoms with Gasteiger partial charge in [0.25, 0.3) is 0 Å². The maximum absolute atomic E-state index is 15.1. The number of amides is 1. The predicted octanol–water partition coefficient (Wildman–Crippen LogP) is 4.54. The Morgan fingerprint density at radius 1 is 1.17 bits per heavy atom. The Morgan fingerprint density at radius 3 is 2.86 bits per heavy atom. The minimum atomic E-state index is -0.440. The number of rotatable bonds is 5. The zero-order chi connectivity index (χ0) is 24.8. The molecule has 36 heavy (non-hydrogen) atoms. The predicted molar refractivity (Wildman–Crippen MR) is 133 cm³/mol. The van der Waals surface area contributed by atoms with E-state index in [4.69, 9.17) is 4.98 Å². The first-order chi connectivity index (χ1) is 17.5. The molecule has 0 aliphatic rings. The van der Waals surface area contributed by atoms with Gasteiger partial charge in [0.15, 0.2) is 11.6 Å². The van der Waals surface area contributed by atoms with Crippen LogP contribution < -0.4 is 5.32 Å². The summed E-state index contributed by atoms with van der Waals surface area (Å²) < 4.78 is 16.9. The SMILES string of the molecule is CCC(=O)Nc1cncc(-c2cc3c(-c4nc5c(-n6cnc(C)c6)nccc5[nH]4)n[nH]c3cc2F)c1. The van der Waals surface area contributed by atoms with Crippen LogP contribution in [0.4, 0.5) is 10.1 Å². The van der Waals surface area contributed by atoms with Crippen molar-refractivity contribution in [3.63, 3.8) is 0 Å². The second-order valence-corrected chi connectivity index (χ2v) is 8.35. The highest BCUT2D eigenvalue weighted by Crippen LogP contribution is 2.33. The molecule has 5 heterocycles. The number of imidazole rings is 2. The van der Waals surface area contributed by atoms with Crippen LogP contribution in [0.2, 0.25) is 0 Å². The molecule has 0 aliphatic carbocycles. The zero-order valence-electron chi connectivity index (χ0n) is 19.4. The van der Waals surface area contributed by atoms with E-state index in [1.165, 1.54) is 12.3 Å². The number of hydrogen-bond acceptors (Lipinski definition) is 6. The summed E-state index contributed by atoms with van der Waals surface area (Å²) in [5.74, 6) is 0.567. The first-order valence-corrected chi connectivity index (χ1v) is 11.3. The summed E-state index contributed by atoms with van der Waals surface area (Å²) in [6.45, 7) is 3.66. The van der Waals surface area contributed by atoms with Crippen molar-refractivity contribution in [3.8, 4) is 28.5 Å². The number of nitrogens with one attached hydrogen (secondary N) is 3. The molecule has 178 valence electrons. The van der Waals surface area contributed by atoms with Crippen LogP contribution in [0.1, 0.15) is 19.0 Å². The number of halogens is 1. The van der Waals surface area contributed by atoms with Gasteiger partial charge in [0.2, 0.25) is 5.91 Å². The number of aromatic nitrogens is 8. The molecule has 0 radical (unpaired) electrons. The second-order valence-electron chi connectivity index (χ2n) is 8.35. The Balaban J connectivity index is 1.46. The number of aromatic amines is 2. The summed E-state index contributed by atoms with van der Waals surface area (Å²) in [5.41, 5.74) is 4.73. The normalized spacial score (nSPS) is 11.4. The van der Waals surface area contributed by atoms with Crippen molar-refractivity contribution in [3.05, 3.63) is 66.9 Å². The summed E-state index contributed by atoms with van der Waals surface area (Å²) in [6, 6.07) is 6.62. The van der Waals surface area contributed by atoms with Crippen molar-refractivity contribution < 1.29 is 9.18 Å². The molecule has 0 fully saturated rings. The molecular formula is C25H20FN9O. The van der Waals surface area contributed by atoms with E-state index in [0.29, 0.717) is 57.0 Å². The first kappa shape index (κ1) is 21.6. The van der Waals surface area contributed by atoms with Crippen molar-refractivity contribution in [1.29, 1.82) is 0 Å². The molecule has 0 aliphatic heterocycles. The fourth-order valence-electron chi connectivity index (χ4n) is 4.10. The number of carbonyl (C=O) groups excluding carboxylic acids is 1. The topological polar surface area (TPSA) is 130 Å². The van der Waals surface area contributed by atoms with Gasteiger partial charge < -0.3 is 10.3 Å². The Morgan fingerprint density at radius 2 is 2.06 bits per heavy atom. The number of benzene rings is 1. The summed E-state index contributed by atoms with van der Waals surface area (Å²) in [6.07, 6.45) is 8.67. The van der Waals surface area contributed by atoms with Gasteiger partial charge in [-0.2, -0.15) is 5.10 Å². The third kappa shape index (κ3) is 3.66. The Labute approximate surface area is 203 Å². The van der Waals surface area contributed by atoms with Gasteiger partial charge >= 0.3 is 0 Å². The van der Waals surface area contributed by atoms with E-state index in [1.54, 1.807) is 37.8 Å². The lowest BCUT2D eigenvalue weighted by molar-refractivity contribution is -0.115. The van der Waals surface area contributed by atoms with Crippen molar-refractivity contribution in [2.75, 3.05) is 5.32 Å². The van der Waals surface area contributed by atoms with Gasteiger partial charge in [0.05, 0.1) is 28.6 Å². The third-order valence-corrected chi connectivity index (χ3v) is 5.87. The smallest absolute Gasteiger partial charge is 0.224 e. The summed E-state index contributed by atoms with van der Waals surface area (Å²) >= 11 is 0. The second kappa shape index (κ2) is 8.38. The molecule has 0 saturated carbocycles. The summed E-state index contributed by atoms with van der Waals surface area (Å²) in [4.78, 5) is 32.8. The molecule has 11 heteroatoms. The lowest BCUT2D eigenvalue weighted by atomic mass is 10.0. The van der Waals surface area contributed by atoms with Crippen LogP contribution in [0.25, 0.3) is 50.4 Å². The molecule has 0 saturated heterocycles. The number of aryl methyl sites for hydroxylation is 1. The molecule has 1 amide bonds. The van der Waals surface area contributed by atoms with E-state index in [2.05, 4.69) is 35.5 Å². The van der Waals surface area contributed by atoms with Crippen LogP contribution in [0.3, 0.4) is 0 Å². The lowest BCUT2D eigenvalue weighted by Crippen LogP contribution is -2.09. The standard InChI is InChI=1S/C25H20FN9O/c1-3-21(36)30-15-6-14(9-27-10-15)16-7-17-20(8-18(16)26)33-34-22(17)24-31-19-4-5-28-25(23(19)32-24)35-11-13(2)29-12-35/h4-12H,3H2,1-2H3,(H,30,36)(H,31,32)(H,33,34). The van der Waals surface area contributed by atoms with E-state index in [1.807, 2.05) is 23.8 Å². The highest BCUT2D eigenvalue weighted by atomic mass is 19.1. The van der Waals surface area contributed by atoms with Crippen LogP contribution in [0, 0.1) is 12.7 Å². The molecule has 0 spiro atoms. The van der Waals surface area contributed by atoms with Gasteiger partial charge in [-0.25, -0.2) is 19.3 Å². The number of pyridine rings is 2. The lowest BCUT2D eigenvalue weighted by Gasteiger charge is -2.08. The van der Waals surface area contributed by atoms with E-state index in [0.717, 1.165) is 11.2 Å². The Hall–Kier alpha value is -4.93. The molecule has 3 N–H and O–H groups in total. The van der Waals surface area contributed by atoms with E-state index < -0.39 is 5.82 Å². The number of fused-ring (bicyclic) bond motifs is 2. The highest BCUT2D eigenvalue weighted by Gasteiger charge is 2.18. The highest BCUT2D eigenvalue weighted by molar-refractivity contribution is 5.97. The molecule has 10 nitrogen and oxygen atoms in total. The van der Waals surface area contributed by atoms with Crippen molar-refractivity contribution in [1.82, 2.24) is 39.7 Å². The number of hydrogen-bond donors (Lipinski definition) is 3. The molecule has 5 aromatic heterocycles. The molecule has 0 atom stereocenters. The van der Waals surface area contributed by atoms with Crippen LogP contribution in [0.5, 0.6) is 0 Å². The summed E-state index contributed by atoms with van der Waals surface area (Å²) in [5, 5.41) is 10.7. The maximum atomic E-state index is 15.1. The van der Waals surface area contributed by atoms with Crippen molar-refractivity contribution >= 4 is 33.5 Å². The van der Waals surface area contributed by atoms with Gasteiger partial charge in [-0.1, -0.05) is 6.92 Å². The average Bonchev–Trinajstić information content (AvgIpc) is 3.60. The van der Waals surface area contributed by atoms with E-state index >= 15 is 4.39 Å². The van der Waals surface area contributed by atoms with E-state index in [-0.39, 0.29) is 5.91 Å². The molecule has 6 rings (SSSR count). The van der Waals surface area contributed by atoms with Gasteiger partial charge in [0.1, 0.15) is 23.4 Å². The Kier molecular flexibility index (Phi) is 5.03. The fraction of sp³-hybridized carbons (Fsp3) is 0.120. The quantitative estimate of drug-likeness (QED) is 0.331. The number of H-pyrrole nitrogens is 2. The maximum Gasteiger partial charge on any atom is 0.224 e. The van der Waals surface area contributed by atoms with Gasteiger partial charge in [-0.15, -0.1) is 0 Å². The Bertz CT molecular complexity index is 1760. The monoisotopic (exact) mass is 481 g/mol. The van der Waals surface area contributed by atoms with Crippen LogP contribution in [-0.4, -0.2) is 45.6 Å². The minimum absolute atomic E-state index is 0.147. The minimum Gasteiger partial charge on any atom is -0.336 e.